The van der Waals surface area contributed by atoms with Crippen molar-refractivity contribution in [1.29, 1.82) is 0 Å². The van der Waals surface area contributed by atoms with Gasteiger partial charge >= 0.3 is 12.4 Å². The number of benzene rings is 1. The van der Waals surface area contributed by atoms with Crippen LogP contribution in [0.1, 0.15) is 12.8 Å². The van der Waals surface area contributed by atoms with E-state index >= 15 is 0 Å². The van der Waals surface area contributed by atoms with Crippen LogP contribution in [0.4, 0.5) is 32.0 Å². The maximum absolute atomic E-state index is 12.3. The second-order valence-corrected chi connectivity index (χ2v) is 5.88. The lowest BCUT2D eigenvalue weighted by molar-refractivity contribution is -0.153. The minimum atomic E-state index is -4.63. The average Bonchev–Trinajstić information content (AvgIpc) is 2.58. The zero-order valence-corrected chi connectivity index (χ0v) is 14.0. The van der Waals surface area contributed by atoms with Gasteiger partial charge in [0.05, 0.1) is 0 Å². The summed E-state index contributed by atoms with van der Waals surface area (Å²) in [7, 11) is 0. The van der Waals surface area contributed by atoms with Crippen molar-refractivity contribution in [1.82, 2.24) is 0 Å². The third kappa shape index (κ3) is 7.94. The lowest BCUT2D eigenvalue weighted by Gasteiger charge is -2.21. The van der Waals surface area contributed by atoms with Gasteiger partial charge in [-0.15, -0.1) is 0 Å². The maximum atomic E-state index is 12.3. The largest absolute Gasteiger partial charge is 0.484 e. The van der Waals surface area contributed by atoms with Crippen LogP contribution in [0.15, 0.2) is 18.2 Å². The van der Waals surface area contributed by atoms with Crippen molar-refractivity contribution in [2.45, 2.75) is 25.2 Å². The van der Waals surface area contributed by atoms with E-state index in [1.54, 1.807) is 0 Å². The van der Waals surface area contributed by atoms with Crippen LogP contribution in [0.25, 0.3) is 0 Å². The summed E-state index contributed by atoms with van der Waals surface area (Å²) in [6.07, 6.45) is -8.33. The molecule has 27 heavy (non-hydrogen) atoms. The van der Waals surface area contributed by atoms with Gasteiger partial charge < -0.3 is 19.5 Å². The minimum Gasteiger partial charge on any atom is -0.484 e. The van der Waals surface area contributed by atoms with Crippen LogP contribution in [0.3, 0.4) is 0 Å². The molecule has 1 aliphatic heterocycles. The monoisotopic (exact) mass is 401 g/mol. The predicted molar refractivity (Wildman–Crippen MR) is 81.7 cm³/mol. The Labute approximate surface area is 150 Å². The Hall–Kier alpha value is -2.17. The molecule has 0 spiro atoms. The molecule has 0 aromatic heterocycles. The SMILES string of the molecule is O=C(Nc1cc(OCC(F)(F)F)cc(OCC(F)(F)F)c1)C1CCOCC1. The molecule has 0 radical (unpaired) electrons. The van der Waals surface area contributed by atoms with Gasteiger partial charge in [-0.3, -0.25) is 4.79 Å². The van der Waals surface area contributed by atoms with Crippen LogP contribution >= 0.6 is 0 Å². The van der Waals surface area contributed by atoms with E-state index in [0.29, 0.717) is 26.1 Å². The summed E-state index contributed by atoms with van der Waals surface area (Å²) in [5.41, 5.74) is -0.0247. The molecule has 152 valence electrons. The molecule has 1 aliphatic rings. The molecule has 1 fully saturated rings. The minimum absolute atomic E-state index is 0.0247. The summed E-state index contributed by atoms with van der Waals surface area (Å²) >= 11 is 0. The standard InChI is InChI=1S/C16H17F6NO4/c17-15(18,19)8-26-12-5-11(6-13(7-12)27-9-16(20,21)22)23-14(24)10-1-3-25-4-2-10/h5-7,10H,1-4,8-9H2,(H,23,24). The molecule has 1 saturated heterocycles. The Morgan fingerprint density at radius 1 is 0.963 bits per heavy atom. The lowest BCUT2D eigenvalue weighted by Crippen LogP contribution is -2.28. The molecule has 2 rings (SSSR count). The maximum Gasteiger partial charge on any atom is 0.422 e. The van der Waals surface area contributed by atoms with Gasteiger partial charge in [-0.1, -0.05) is 0 Å². The Balaban J connectivity index is 2.13. The first-order chi connectivity index (χ1) is 12.5. The highest BCUT2D eigenvalue weighted by Crippen LogP contribution is 2.30. The van der Waals surface area contributed by atoms with Crippen LogP contribution in [-0.4, -0.2) is 44.7 Å². The smallest absolute Gasteiger partial charge is 0.422 e. The molecule has 0 unspecified atom stereocenters. The fraction of sp³-hybridized carbons (Fsp3) is 0.562. The fourth-order valence-electron chi connectivity index (χ4n) is 2.34. The zero-order valence-electron chi connectivity index (χ0n) is 14.0. The molecular weight excluding hydrogens is 384 g/mol. The van der Waals surface area contributed by atoms with E-state index in [0.717, 1.165) is 18.2 Å². The number of ether oxygens (including phenoxy) is 3. The van der Waals surface area contributed by atoms with Gasteiger partial charge in [0.25, 0.3) is 0 Å². The van der Waals surface area contributed by atoms with Crippen LogP contribution in [0.2, 0.25) is 0 Å². The van der Waals surface area contributed by atoms with Crippen LogP contribution in [0, 0.1) is 5.92 Å². The molecule has 11 heteroatoms. The van der Waals surface area contributed by atoms with Gasteiger partial charge in [0.2, 0.25) is 5.91 Å². The first-order valence-electron chi connectivity index (χ1n) is 7.95. The van der Waals surface area contributed by atoms with E-state index in [-0.39, 0.29) is 23.1 Å². The number of hydrogen-bond donors (Lipinski definition) is 1. The number of carbonyl (C=O) groups excluding carboxylic acids is 1. The summed E-state index contributed by atoms with van der Waals surface area (Å²) in [6.45, 7) is -2.48. The van der Waals surface area contributed by atoms with E-state index in [2.05, 4.69) is 14.8 Å². The number of anilines is 1. The van der Waals surface area contributed by atoms with Gasteiger partial charge in [-0.25, -0.2) is 0 Å². The highest BCUT2D eigenvalue weighted by atomic mass is 19.4. The summed E-state index contributed by atoms with van der Waals surface area (Å²) in [5.74, 6) is -1.53. The van der Waals surface area contributed by atoms with E-state index in [1.807, 2.05) is 0 Å². The van der Waals surface area contributed by atoms with Gasteiger partial charge in [0, 0.05) is 43.0 Å². The van der Waals surface area contributed by atoms with E-state index in [4.69, 9.17) is 4.74 Å². The average molecular weight is 401 g/mol. The van der Waals surface area contributed by atoms with Crippen LogP contribution in [0.5, 0.6) is 11.5 Å². The van der Waals surface area contributed by atoms with Crippen molar-refractivity contribution < 1.29 is 45.3 Å². The van der Waals surface area contributed by atoms with Crippen molar-refractivity contribution >= 4 is 11.6 Å². The Morgan fingerprint density at radius 3 is 1.89 bits per heavy atom. The third-order valence-electron chi connectivity index (χ3n) is 3.54. The van der Waals surface area contributed by atoms with E-state index < -0.39 is 31.5 Å². The summed E-state index contributed by atoms with van der Waals surface area (Å²) in [4.78, 5) is 12.2. The number of halogens is 6. The number of amides is 1. The number of carbonyl (C=O) groups is 1. The predicted octanol–water partition coefficient (Wildman–Crippen LogP) is 3.93. The van der Waals surface area contributed by atoms with Gasteiger partial charge in [-0.05, 0) is 12.8 Å². The van der Waals surface area contributed by atoms with Gasteiger partial charge in [0.1, 0.15) is 11.5 Å². The molecule has 0 atom stereocenters. The number of alkyl halides is 6. The molecular formula is C16H17F6NO4. The molecule has 0 aliphatic carbocycles. The Morgan fingerprint density at radius 2 is 1.44 bits per heavy atom. The second kappa shape index (κ2) is 8.68. The lowest BCUT2D eigenvalue weighted by atomic mass is 9.99. The molecule has 5 nitrogen and oxygen atoms in total. The molecule has 0 saturated carbocycles. The van der Waals surface area contributed by atoms with Crippen molar-refractivity contribution in [3.8, 4) is 11.5 Å². The van der Waals surface area contributed by atoms with Crippen molar-refractivity contribution in [2.75, 3.05) is 31.7 Å². The topological polar surface area (TPSA) is 56.8 Å². The summed E-state index contributed by atoms with van der Waals surface area (Å²) in [6, 6.07) is 3.06. The molecule has 0 bridgehead atoms. The summed E-state index contributed by atoms with van der Waals surface area (Å²) in [5, 5.41) is 2.47. The highest BCUT2D eigenvalue weighted by Gasteiger charge is 2.30. The second-order valence-electron chi connectivity index (χ2n) is 5.88. The molecule has 1 heterocycles. The normalized spacial score (nSPS) is 16.1. The van der Waals surface area contributed by atoms with Crippen molar-refractivity contribution in [2.24, 2.45) is 5.92 Å². The first-order valence-corrected chi connectivity index (χ1v) is 7.95. The first kappa shape index (κ1) is 21.1. The zero-order chi connectivity index (χ0) is 20.1. The van der Waals surface area contributed by atoms with Crippen LogP contribution < -0.4 is 14.8 Å². The van der Waals surface area contributed by atoms with Crippen LogP contribution in [-0.2, 0) is 9.53 Å². The van der Waals surface area contributed by atoms with Gasteiger partial charge in [-0.2, -0.15) is 26.3 Å². The summed E-state index contributed by atoms with van der Waals surface area (Å²) < 4.78 is 88.1. The molecule has 1 aromatic carbocycles. The van der Waals surface area contributed by atoms with E-state index in [9.17, 15) is 31.1 Å². The Bertz CT molecular complexity index is 605. The Kier molecular flexibility index (Phi) is 6.79. The van der Waals surface area contributed by atoms with Gasteiger partial charge in [0.15, 0.2) is 13.2 Å². The quantitative estimate of drug-likeness (QED) is 0.734. The molecule has 1 N–H and O–H groups in total. The fourth-order valence-corrected chi connectivity index (χ4v) is 2.34. The van der Waals surface area contributed by atoms with Crippen molar-refractivity contribution in [3.63, 3.8) is 0 Å². The molecule has 1 aromatic rings. The number of hydrogen-bond acceptors (Lipinski definition) is 4. The van der Waals surface area contributed by atoms with E-state index in [1.165, 1.54) is 0 Å². The van der Waals surface area contributed by atoms with Crippen molar-refractivity contribution in [3.05, 3.63) is 18.2 Å². The third-order valence-corrected chi connectivity index (χ3v) is 3.54. The highest BCUT2D eigenvalue weighted by molar-refractivity contribution is 5.93. The molecule has 1 amide bonds. The number of nitrogens with one attached hydrogen (secondary N) is 1. The number of rotatable bonds is 6.